The lowest BCUT2D eigenvalue weighted by atomic mass is 10.2. The lowest BCUT2D eigenvalue weighted by Crippen LogP contribution is -2.49. The summed E-state index contributed by atoms with van der Waals surface area (Å²) in [5.74, 6) is 1.42. The van der Waals surface area contributed by atoms with Gasteiger partial charge in [0.1, 0.15) is 5.75 Å². The van der Waals surface area contributed by atoms with E-state index in [1.165, 1.54) is 23.1 Å². The number of hydrogen-bond donors (Lipinski definition) is 1. The summed E-state index contributed by atoms with van der Waals surface area (Å²) in [6.45, 7) is 5.99. The maximum absolute atomic E-state index is 12.4. The number of benzene rings is 1. The highest BCUT2D eigenvalue weighted by atomic mass is 32.2. The third-order valence-corrected chi connectivity index (χ3v) is 6.12. The largest absolute Gasteiger partial charge is 0.497 e. The molecule has 1 saturated heterocycles. The third-order valence-electron chi connectivity index (χ3n) is 4.12. The number of nitrogens with zero attached hydrogens (tertiary/aromatic N) is 4. The summed E-state index contributed by atoms with van der Waals surface area (Å²) in [5.41, 5.74) is 1.16. The van der Waals surface area contributed by atoms with Crippen LogP contribution in [0.4, 0.5) is 10.8 Å². The van der Waals surface area contributed by atoms with Gasteiger partial charge in [-0.15, -0.1) is 10.2 Å². The summed E-state index contributed by atoms with van der Waals surface area (Å²) in [6.07, 6.45) is 0. The minimum absolute atomic E-state index is 0.157. The molecule has 7 nitrogen and oxygen atoms in total. The van der Waals surface area contributed by atoms with E-state index in [0.717, 1.165) is 53.6 Å². The van der Waals surface area contributed by atoms with Crippen LogP contribution >= 0.6 is 23.1 Å². The Morgan fingerprint density at radius 3 is 2.62 bits per heavy atom. The Hall–Kier alpha value is -2.00. The summed E-state index contributed by atoms with van der Waals surface area (Å²) >= 11 is 2.94. The van der Waals surface area contributed by atoms with Crippen LogP contribution in [-0.2, 0) is 4.79 Å². The van der Waals surface area contributed by atoms with E-state index in [0.29, 0.717) is 5.75 Å². The van der Waals surface area contributed by atoms with E-state index in [-0.39, 0.29) is 5.91 Å². The standard InChI is InChI=1S/C17H23N5O2S2/c1-3-18-16-19-20-17(26-16)25-12-15(23)22-10-8-21(9-11-22)13-4-6-14(24-2)7-5-13/h4-7H,3,8-12H2,1-2H3,(H,18,19). The van der Waals surface area contributed by atoms with Gasteiger partial charge in [0.15, 0.2) is 4.34 Å². The number of anilines is 2. The van der Waals surface area contributed by atoms with Crippen molar-refractivity contribution in [1.29, 1.82) is 0 Å². The first-order valence-corrected chi connectivity index (χ1v) is 10.4. The predicted octanol–water partition coefficient (Wildman–Crippen LogP) is 2.42. The molecule has 0 unspecified atom stereocenters. The highest BCUT2D eigenvalue weighted by Gasteiger charge is 2.21. The van der Waals surface area contributed by atoms with Crippen LogP contribution in [0.1, 0.15) is 6.92 Å². The normalized spacial score (nSPS) is 14.4. The monoisotopic (exact) mass is 393 g/mol. The molecular formula is C17H23N5O2S2. The topological polar surface area (TPSA) is 70.6 Å². The van der Waals surface area contributed by atoms with E-state index in [4.69, 9.17) is 4.74 Å². The molecule has 2 heterocycles. The van der Waals surface area contributed by atoms with Gasteiger partial charge in [-0.3, -0.25) is 4.79 Å². The van der Waals surface area contributed by atoms with E-state index >= 15 is 0 Å². The summed E-state index contributed by atoms with van der Waals surface area (Å²) in [6, 6.07) is 8.05. The molecular weight excluding hydrogens is 370 g/mol. The molecule has 0 atom stereocenters. The van der Waals surface area contributed by atoms with Crippen LogP contribution in [0.15, 0.2) is 28.6 Å². The van der Waals surface area contributed by atoms with E-state index < -0.39 is 0 Å². The Morgan fingerprint density at radius 1 is 1.23 bits per heavy atom. The number of hydrogen-bond acceptors (Lipinski definition) is 8. The van der Waals surface area contributed by atoms with E-state index in [2.05, 4.69) is 32.5 Å². The molecule has 2 aromatic rings. The summed E-state index contributed by atoms with van der Waals surface area (Å²) in [4.78, 5) is 16.7. The Balaban J connectivity index is 1.45. The number of carbonyl (C=O) groups is 1. The van der Waals surface area contributed by atoms with Crippen LogP contribution < -0.4 is 15.0 Å². The Labute approximate surface area is 161 Å². The molecule has 1 aromatic heterocycles. The second-order valence-corrected chi connectivity index (χ2v) is 7.96. The van der Waals surface area contributed by atoms with Crippen molar-refractivity contribution in [2.24, 2.45) is 0 Å². The van der Waals surface area contributed by atoms with Crippen LogP contribution in [0.25, 0.3) is 0 Å². The highest BCUT2D eigenvalue weighted by molar-refractivity contribution is 8.01. The number of amides is 1. The fraction of sp³-hybridized carbons (Fsp3) is 0.471. The lowest BCUT2D eigenvalue weighted by molar-refractivity contribution is -0.128. The molecule has 0 aliphatic carbocycles. The number of ether oxygens (including phenoxy) is 1. The Kier molecular flexibility index (Phi) is 6.56. The van der Waals surface area contributed by atoms with Crippen molar-refractivity contribution in [1.82, 2.24) is 15.1 Å². The number of nitrogens with one attached hydrogen (secondary N) is 1. The van der Waals surface area contributed by atoms with Crippen molar-refractivity contribution < 1.29 is 9.53 Å². The molecule has 26 heavy (non-hydrogen) atoms. The van der Waals surface area contributed by atoms with Gasteiger partial charge in [-0.25, -0.2) is 0 Å². The van der Waals surface area contributed by atoms with Crippen LogP contribution in [0.2, 0.25) is 0 Å². The van der Waals surface area contributed by atoms with Gasteiger partial charge in [-0.05, 0) is 31.2 Å². The molecule has 0 spiro atoms. The van der Waals surface area contributed by atoms with Crippen molar-refractivity contribution in [2.75, 3.05) is 55.8 Å². The van der Waals surface area contributed by atoms with E-state index in [1.807, 2.05) is 24.0 Å². The second kappa shape index (κ2) is 9.09. The molecule has 1 aliphatic rings. The van der Waals surface area contributed by atoms with Gasteiger partial charge < -0.3 is 19.9 Å². The van der Waals surface area contributed by atoms with Gasteiger partial charge >= 0.3 is 0 Å². The predicted molar refractivity (Wildman–Crippen MR) is 107 cm³/mol. The van der Waals surface area contributed by atoms with Crippen LogP contribution in [0.5, 0.6) is 5.75 Å². The first-order chi connectivity index (χ1) is 12.7. The average molecular weight is 394 g/mol. The molecule has 9 heteroatoms. The van der Waals surface area contributed by atoms with Gasteiger partial charge in [-0.2, -0.15) is 0 Å². The first kappa shape index (κ1) is 18.8. The highest BCUT2D eigenvalue weighted by Crippen LogP contribution is 2.26. The Morgan fingerprint density at radius 2 is 1.96 bits per heavy atom. The smallest absolute Gasteiger partial charge is 0.233 e. The molecule has 0 saturated carbocycles. The molecule has 1 fully saturated rings. The average Bonchev–Trinajstić information content (AvgIpc) is 3.14. The summed E-state index contributed by atoms with van der Waals surface area (Å²) in [7, 11) is 1.67. The number of rotatable bonds is 7. The quantitative estimate of drug-likeness (QED) is 0.725. The van der Waals surface area contributed by atoms with Crippen LogP contribution in [0, 0.1) is 0 Å². The van der Waals surface area contributed by atoms with Crippen molar-refractivity contribution >= 4 is 39.8 Å². The van der Waals surface area contributed by atoms with Crippen molar-refractivity contribution in [3.05, 3.63) is 24.3 Å². The van der Waals surface area contributed by atoms with Gasteiger partial charge in [0.05, 0.1) is 12.9 Å². The van der Waals surface area contributed by atoms with E-state index in [9.17, 15) is 4.79 Å². The molecule has 1 N–H and O–H groups in total. The van der Waals surface area contributed by atoms with Gasteiger partial charge in [0, 0.05) is 38.4 Å². The molecule has 0 bridgehead atoms. The van der Waals surface area contributed by atoms with Gasteiger partial charge in [-0.1, -0.05) is 23.1 Å². The first-order valence-electron chi connectivity index (χ1n) is 8.56. The minimum atomic E-state index is 0.157. The minimum Gasteiger partial charge on any atom is -0.497 e. The van der Waals surface area contributed by atoms with Gasteiger partial charge in [0.2, 0.25) is 11.0 Å². The molecule has 0 radical (unpaired) electrons. The zero-order valence-electron chi connectivity index (χ0n) is 15.0. The molecule has 3 rings (SSSR count). The van der Waals surface area contributed by atoms with E-state index in [1.54, 1.807) is 7.11 Å². The van der Waals surface area contributed by atoms with Gasteiger partial charge in [0.25, 0.3) is 0 Å². The fourth-order valence-corrected chi connectivity index (χ4v) is 4.44. The molecule has 140 valence electrons. The molecule has 1 amide bonds. The number of carbonyl (C=O) groups excluding carboxylic acids is 1. The zero-order valence-corrected chi connectivity index (χ0v) is 16.6. The summed E-state index contributed by atoms with van der Waals surface area (Å²) < 4.78 is 6.02. The van der Waals surface area contributed by atoms with Crippen molar-refractivity contribution in [3.63, 3.8) is 0 Å². The number of aromatic nitrogens is 2. The second-order valence-electron chi connectivity index (χ2n) is 5.76. The fourth-order valence-electron chi connectivity index (χ4n) is 2.71. The van der Waals surface area contributed by atoms with Crippen molar-refractivity contribution in [2.45, 2.75) is 11.3 Å². The number of methoxy groups -OCH3 is 1. The summed E-state index contributed by atoms with van der Waals surface area (Å²) in [5, 5.41) is 12.1. The molecule has 1 aromatic carbocycles. The lowest BCUT2D eigenvalue weighted by Gasteiger charge is -2.36. The number of piperazine rings is 1. The maximum Gasteiger partial charge on any atom is 0.233 e. The zero-order chi connectivity index (χ0) is 18.4. The molecule has 1 aliphatic heterocycles. The number of thioether (sulfide) groups is 1. The SMILES string of the molecule is CCNc1nnc(SCC(=O)N2CCN(c3ccc(OC)cc3)CC2)s1. The third kappa shape index (κ3) is 4.79. The maximum atomic E-state index is 12.4. The Bertz CT molecular complexity index is 714. The van der Waals surface area contributed by atoms with Crippen LogP contribution in [0.3, 0.4) is 0 Å². The van der Waals surface area contributed by atoms with Crippen LogP contribution in [-0.4, -0.2) is 66.6 Å². The van der Waals surface area contributed by atoms with Crippen molar-refractivity contribution in [3.8, 4) is 5.75 Å².